The number of carbonyl (C=O) groups is 2. The van der Waals surface area contributed by atoms with E-state index in [1.807, 2.05) is 0 Å². The number of carbonyl (C=O) groups excluding carboxylic acids is 2. The van der Waals surface area contributed by atoms with Gasteiger partial charge in [-0.05, 0) is 30.3 Å². The molecule has 0 radical (unpaired) electrons. The fraction of sp³-hybridized carbons (Fsp3) is 0.300. The summed E-state index contributed by atoms with van der Waals surface area (Å²) >= 11 is 12.0. The van der Waals surface area contributed by atoms with Crippen LogP contribution in [0.1, 0.15) is 19.4 Å². The van der Waals surface area contributed by atoms with Crippen LogP contribution in [0.2, 0.25) is 10.0 Å². The number of esters is 1. The van der Waals surface area contributed by atoms with E-state index in [9.17, 15) is 18.0 Å². The van der Waals surface area contributed by atoms with Crippen molar-refractivity contribution in [1.82, 2.24) is 4.31 Å². The quantitative estimate of drug-likeness (QED) is 0.560. The van der Waals surface area contributed by atoms with Gasteiger partial charge in [-0.15, -0.1) is 0 Å². The first-order valence-electron chi connectivity index (χ1n) is 9.17. The summed E-state index contributed by atoms with van der Waals surface area (Å²) in [7, 11) is -3.66. The number of ether oxygens (including phenoxy) is 1. The molecule has 0 aliphatic heterocycles. The average Bonchev–Trinajstić information content (AvgIpc) is 2.70. The van der Waals surface area contributed by atoms with E-state index in [1.165, 1.54) is 22.5 Å². The van der Waals surface area contributed by atoms with Crippen LogP contribution in [0.3, 0.4) is 0 Å². The minimum absolute atomic E-state index is 0.0642. The number of hydrogen-bond donors (Lipinski definition) is 1. The molecule has 0 fully saturated rings. The zero-order valence-electron chi connectivity index (χ0n) is 16.5. The molecule has 1 N–H and O–H groups in total. The third-order valence-electron chi connectivity index (χ3n) is 4.21. The summed E-state index contributed by atoms with van der Waals surface area (Å²) in [6.07, 6.45) is -0.177. The lowest BCUT2D eigenvalue weighted by atomic mass is 10.1. The molecule has 162 valence electrons. The van der Waals surface area contributed by atoms with Gasteiger partial charge >= 0.3 is 5.97 Å². The Kier molecular flexibility index (Phi) is 8.66. The van der Waals surface area contributed by atoms with Crippen LogP contribution in [0.4, 0.5) is 5.69 Å². The Bertz CT molecular complexity index is 1000. The van der Waals surface area contributed by atoms with Crippen molar-refractivity contribution in [2.24, 2.45) is 0 Å². The van der Waals surface area contributed by atoms with Gasteiger partial charge in [-0.3, -0.25) is 9.59 Å². The molecule has 10 heteroatoms. The van der Waals surface area contributed by atoms with Crippen LogP contribution in [-0.4, -0.2) is 44.3 Å². The van der Waals surface area contributed by atoms with E-state index < -0.39 is 28.5 Å². The first-order valence-corrected chi connectivity index (χ1v) is 11.4. The molecule has 2 aromatic rings. The monoisotopic (exact) mass is 472 g/mol. The number of hydrogen-bond acceptors (Lipinski definition) is 5. The van der Waals surface area contributed by atoms with Gasteiger partial charge < -0.3 is 10.1 Å². The van der Waals surface area contributed by atoms with Crippen LogP contribution in [0, 0.1) is 0 Å². The standard InChI is InChI=1S/C20H22Cl2N2O5S/c1-3-24(4-2)30(27,28)15-8-5-7-14(11-15)23-19(25)13-29-20(26)12-16-17(21)9-6-10-18(16)22/h5-11H,3-4,12-13H2,1-2H3,(H,23,25). The predicted molar refractivity (Wildman–Crippen MR) is 116 cm³/mol. The second-order valence-corrected chi connectivity index (χ2v) is 8.96. The minimum Gasteiger partial charge on any atom is -0.455 e. The van der Waals surface area contributed by atoms with Crippen molar-refractivity contribution in [2.75, 3.05) is 25.0 Å². The number of benzene rings is 2. The van der Waals surface area contributed by atoms with Gasteiger partial charge in [-0.25, -0.2) is 8.42 Å². The first kappa shape index (κ1) is 24.1. The molecule has 0 spiro atoms. The fourth-order valence-corrected chi connectivity index (χ4v) is 4.72. The predicted octanol–water partition coefficient (Wildman–Crippen LogP) is 3.75. The van der Waals surface area contributed by atoms with E-state index in [0.717, 1.165) is 0 Å². The van der Waals surface area contributed by atoms with Crippen molar-refractivity contribution in [3.05, 3.63) is 58.1 Å². The zero-order chi connectivity index (χ0) is 22.3. The smallest absolute Gasteiger partial charge is 0.310 e. The van der Waals surface area contributed by atoms with E-state index in [2.05, 4.69) is 5.32 Å². The van der Waals surface area contributed by atoms with E-state index in [1.54, 1.807) is 38.1 Å². The highest BCUT2D eigenvalue weighted by Gasteiger charge is 2.22. The van der Waals surface area contributed by atoms with Crippen molar-refractivity contribution in [1.29, 1.82) is 0 Å². The highest BCUT2D eigenvalue weighted by Crippen LogP contribution is 2.25. The maximum Gasteiger partial charge on any atom is 0.310 e. The summed E-state index contributed by atoms with van der Waals surface area (Å²) in [5, 5.41) is 3.18. The number of nitrogens with one attached hydrogen (secondary N) is 1. The number of nitrogens with zero attached hydrogens (tertiary/aromatic N) is 1. The fourth-order valence-electron chi connectivity index (χ4n) is 2.69. The molecule has 0 heterocycles. The Morgan fingerprint density at radius 1 is 1.03 bits per heavy atom. The average molecular weight is 473 g/mol. The van der Waals surface area contributed by atoms with Gasteiger partial charge in [-0.2, -0.15) is 4.31 Å². The molecule has 0 aromatic heterocycles. The summed E-state index contributed by atoms with van der Waals surface area (Å²) < 4.78 is 31.5. The van der Waals surface area contributed by atoms with Crippen LogP contribution in [0.5, 0.6) is 0 Å². The lowest BCUT2D eigenvalue weighted by molar-refractivity contribution is -0.146. The minimum atomic E-state index is -3.66. The first-order chi connectivity index (χ1) is 14.2. The molecule has 0 saturated heterocycles. The van der Waals surface area contributed by atoms with E-state index >= 15 is 0 Å². The molecular formula is C20H22Cl2N2O5S. The zero-order valence-corrected chi connectivity index (χ0v) is 18.9. The summed E-state index contributed by atoms with van der Waals surface area (Å²) in [5.41, 5.74) is 0.694. The molecule has 2 rings (SSSR count). The SMILES string of the molecule is CCN(CC)S(=O)(=O)c1cccc(NC(=O)COC(=O)Cc2c(Cl)cccc2Cl)c1. The summed E-state index contributed by atoms with van der Waals surface area (Å²) in [4.78, 5) is 24.2. The van der Waals surface area contributed by atoms with Crippen molar-refractivity contribution in [3.63, 3.8) is 0 Å². The van der Waals surface area contributed by atoms with Crippen molar-refractivity contribution < 1.29 is 22.7 Å². The highest BCUT2D eigenvalue weighted by molar-refractivity contribution is 7.89. The molecule has 0 aliphatic carbocycles. The molecule has 0 aliphatic rings. The Morgan fingerprint density at radius 3 is 2.23 bits per heavy atom. The highest BCUT2D eigenvalue weighted by atomic mass is 35.5. The van der Waals surface area contributed by atoms with Crippen molar-refractivity contribution in [3.8, 4) is 0 Å². The number of amides is 1. The topological polar surface area (TPSA) is 92.8 Å². The third kappa shape index (κ3) is 6.18. The Hall–Kier alpha value is -2.13. The van der Waals surface area contributed by atoms with Gasteiger partial charge in [0, 0.05) is 34.4 Å². The summed E-state index contributed by atoms with van der Waals surface area (Å²) in [6.45, 7) is 3.63. The molecule has 0 unspecified atom stereocenters. The van der Waals surface area contributed by atoms with Gasteiger partial charge in [0.2, 0.25) is 10.0 Å². The normalized spacial score (nSPS) is 11.4. The number of rotatable bonds is 9. The van der Waals surface area contributed by atoms with Crippen LogP contribution < -0.4 is 5.32 Å². The number of sulfonamides is 1. The van der Waals surface area contributed by atoms with Crippen LogP contribution in [0.15, 0.2) is 47.4 Å². The molecule has 2 aromatic carbocycles. The maximum absolute atomic E-state index is 12.6. The van der Waals surface area contributed by atoms with E-state index in [4.69, 9.17) is 27.9 Å². The van der Waals surface area contributed by atoms with Crippen molar-refractivity contribution in [2.45, 2.75) is 25.2 Å². The molecular weight excluding hydrogens is 451 g/mol. The van der Waals surface area contributed by atoms with Crippen molar-refractivity contribution >= 4 is 50.8 Å². The van der Waals surface area contributed by atoms with Crippen LogP contribution in [-0.2, 0) is 30.8 Å². The number of anilines is 1. The molecule has 0 atom stereocenters. The lowest BCUT2D eigenvalue weighted by Crippen LogP contribution is -2.30. The van der Waals surface area contributed by atoms with Gasteiger partial charge in [0.1, 0.15) is 0 Å². The Labute approximate surface area is 186 Å². The van der Waals surface area contributed by atoms with Gasteiger partial charge in [-0.1, -0.05) is 49.2 Å². The second kappa shape index (κ2) is 10.8. The second-order valence-electron chi connectivity index (χ2n) is 6.20. The summed E-state index contributed by atoms with van der Waals surface area (Å²) in [6, 6.07) is 10.7. The Balaban J connectivity index is 1.98. The number of halogens is 2. The third-order valence-corrected chi connectivity index (χ3v) is 6.96. The molecule has 30 heavy (non-hydrogen) atoms. The van der Waals surface area contributed by atoms with Gasteiger partial charge in [0.15, 0.2) is 6.61 Å². The summed E-state index contributed by atoms with van der Waals surface area (Å²) in [5.74, 6) is -1.27. The van der Waals surface area contributed by atoms with Gasteiger partial charge in [0.05, 0.1) is 11.3 Å². The van der Waals surface area contributed by atoms with E-state index in [0.29, 0.717) is 28.7 Å². The van der Waals surface area contributed by atoms with E-state index in [-0.39, 0.29) is 17.0 Å². The molecule has 7 nitrogen and oxygen atoms in total. The molecule has 0 bridgehead atoms. The van der Waals surface area contributed by atoms with Crippen LogP contribution in [0.25, 0.3) is 0 Å². The Morgan fingerprint density at radius 2 is 1.63 bits per heavy atom. The largest absolute Gasteiger partial charge is 0.455 e. The lowest BCUT2D eigenvalue weighted by Gasteiger charge is -2.18. The van der Waals surface area contributed by atoms with Crippen LogP contribution >= 0.6 is 23.2 Å². The van der Waals surface area contributed by atoms with Gasteiger partial charge in [0.25, 0.3) is 5.91 Å². The molecule has 1 amide bonds. The maximum atomic E-state index is 12.6. The molecule has 0 saturated carbocycles.